The van der Waals surface area contributed by atoms with E-state index in [9.17, 15) is 44.4 Å². The molecule has 17 nitrogen and oxygen atoms in total. The van der Waals surface area contributed by atoms with Crippen LogP contribution in [0.3, 0.4) is 0 Å². The molecule has 0 radical (unpaired) electrons. The number of nitrogens with zero attached hydrogens (tertiary/aromatic N) is 6. The first kappa shape index (κ1) is 60.4. The second kappa shape index (κ2) is 25.8. The van der Waals surface area contributed by atoms with Crippen molar-refractivity contribution in [3.63, 3.8) is 0 Å². The van der Waals surface area contributed by atoms with Gasteiger partial charge in [-0.3, -0.25) is 29.5 Å². The number of carbonyl (C=O) groups is 3. The van der Waals surface area contributed by atoms with Gasteiger partial charge in [0, 0.05) is 117 Å². The van der Waals surface area contributed by atoms with Gasteiger partial charge in [0.2, 0.25) is 11.8 Å². The standard InChI is InChI=1S/C57H65ClF4N10O7S3/c1-56(2)22-20-46(38-8-12-41(58)13-9-38)40(34-56)35-70-28-30-72(31-29-70)43-14-10-39(11-15-43)54(74)68-82(78,79)45-16-17-48(51(32-45)81(76,77)57(60,61)62)63-42(37-80-44-6-4-3-5-7-44)21-23-69-24-26-71(27-25-69)36-50-47(59)33-52(67-66-50)64-49-18-19-53(73)65-55(49)75/h3-17,32-33,42,49,63H,18-31,34-37H2,1-2H3,(H,64,67)(H,68,74)(H,65,73,75)/t42-,49?/m1/s1. The number of hydrogen-bond acceptors (Lipinski definition) is 16. The minimum atomic E-state index is -6.16. The largest absolute Gasteiger partial charge is 0.501 e. The number of aromatic nitrogens is 2. The number of amides is 3. The van der Waals surface area contributed by atoms with Gasteiger partial charge in [-0.05, 0) is 115 Å². The van der Waals surface area contributed by atoms with Crippen LogP contribution in [0.4, 0.5) is 34.8 Å². The number of thioether (sulfide) groups is 1. The van der Waals surface area contributed by atoms with Crippen molar-refractivity contribution in [2.24, 2.45) is 5.41 Å². The van der Waals surface area contributed by atoms with E-state index in [4.69, 9.17) is 11.6 Å². The van der Waals surface area contributed by atoms with E-state index in [2.05, 4.69) is 66.8 Å². The number of halogens is 5. The quantitative estimate of drug-likeness (QED) is 0.0328. The molecule has 3 amide bonds. The van der Waals surface area contributed by atoms with Crippen molar-refractivity contribution >= 4 is 83.7 Å². The van der Waals surface area contributed by atoms with Crippen molar-refractivity contribution < 1.29 is 48.8 Å². The third kappa shape index (κ3) is 15.3. The van der Waals surface area contributed by atoms with Crippen molar-refractivity contribution in [2.45, 2.75) is 91.2 Å². The average Bonchev–Trinajstić information content (AvgIpc) is 3.47. The highest BCUT2D eigenvalue weighted by molar-refractivity contribution is 7.99. The normalized spacial score (nSPS) is 19.2. The molecule has 5 aromatic rings. The summed E-state index contributed by atoms with van der Waals surface area (Å²) in [5.74, 6) is -2.27. The van der Waals surface area contributed by atoms with Crippen molar-refractivity contribution in [2.75, 3.05) is 86.7 Å². The lowest BCUT2D eigenvalue weighted by Crippen LogP contribution is -2.47. The molecule has 4 heterocycles. The number of rotatable bonds is 20. The number of anilines is 3. The molecule has 3 fully saturated rings. The van der Waals surface area contributed by atoms with Crippen LogP contribution < -0.4 is 25.6 Å². The highest BCUT2D eigenvalue weighted by Crippen LogP contribution is 2.43. The minimum Gasteiger partial charge on any atom is -0.380 e. The molecule has 0 bridgehead atoms. The van der Waals surface area contributed by atoms with Crippen LogP contribution in [0.25, 0.3) is 5.57 Å². The van der Waals surface area contributed by atoms with E-state index < -0.39 is 70.6 Å². The second-order valence-electron chi connectivity index (χ2n) is 21.8. The average molecular weight is 1210 g/mol. The molecule has 1 unspecified atom stereocenters. The lowest BCUT2D eigenvalue weighted by Gasteiger charge is -2.39. The van der Waals surface area contributed by atoms with Crippen LogP contribution in [0, 0.1) is 11.2 Å². The second-order valence-corrected chi connectivity index (χ2v) is 26.9. The number of allylic oxidation sites excluding steroid dienone is 1. The van der Waals surface area contributed by atoms with Crippen molar-refractivity contribution in [3.05, 3.63) is 136 Å². The van der Waals surface area contributed by atoms with Gasteiger partial charge in [-0.25, -0.2) is 25.9 Å². The summed E-state index contributed by atoms with van der Waals surface area (Å²) in [7, 11) is -11.1. The summed E-state index contributed by atoms with van der Waals surface area (Å²) in [5.41, 5.74) is -1.20. The van der Waals surface area contributed by atoms with Crippen LogP contribution in [-0.2, 0) is 36.0 Å². The first-order valence-electron chi connectivity index (χ1n) is 27.1. The molecule has 3 aliphatic heterocycles. The highest BCUT2D eigenvalue weighted by Gasteiger charge is 2.48. The topological polar surface area (TPSA) is 206 Å². The fourth-order valence-electron chi connectivity index (χ4n) is 10.6. The maximum Gasteiger partial charge on any atom is 0.501 e. The summed E-state index contributed by atoms with van der Waals surface area (Å²) in [5, 5.41) is 16.8. The molecule has 2 atom stereocenters. The fraction of sp³-hybridized carbons (Fsp3) is 0.421. The van der Waals surface area contributed by atoms with Gasteiger partial charge >= 0.3 is 5.51 Å². The highest BCUT2D eigenvalue weighted by atomic mass is 35.5. The van der Waals surface area contributed by atoms with Crippen LogP contribution in [0.2, 0.25) is 5.02 Å². The van der Waals surface area contributed by atoms with E-state index in [1.54, 1.807) is 12.1 Å². The Morgan fingerprint density at radius 2 is 1.50 bits per heavy atom. The predicted molar refractivity (Wildman–Crippen MR) is 308 cm³/mol. The molecule has 0 spiro atoms. The van der Waals surface area contributed by atoms with Gasteiger partial charge in [-0.1, -0.05) is 61.4 Å². The zero-order valence-corrected chi connectivity index (χ0v) is 48.6. The molecule has 4 aromatic carbocycles. The van der Waals surface area contributed by atoms with Crippen LogP contribution in [0.1, 0.15) is 74.0 Å². The van der Waals surface area contributed by atoms with Gasteiger partial charge in [0.1, 0.15) is 16.6 Å². The number of imide groups is 1. The molecule has 1 aliphatic carbocycles. The summed E-state index contributed by atoms with van der Waals surface area (Å²) >= 11 is 7.60. The van der Waals surface area contributed by atoms with Gasteiger partial charge in [0.05, 0.1) is 10.6 Å². The Kier molecular flexibility index (Phi) is 19.0. The molecule has 4 aliphatic rings. The number of hydrogen-bond donors (Lipinski definition) is 4. The number of benzene rings is 4. The molecule has 82 heavy (non-hydrogen) atoms. The SMILES string of the molecule is CC1(C)CCC(c2ccc(Cl)cc2)=C(CN2CCN(c3ccc(C(=O)NS(=O)(=O)c4ccc(N[C@H](CCN5CCN(Cc6nnc(NC7CCC(=O)NC7=O)cc6F)CC5)CSc5ccccc5)c(S(=O)(=O)C(F)(F)F)c4)cc3)CC2)C1. The van der Waals surface area contributed by atoms with E-state index in [1.165, 1.54) is 40.6 Å². The molecular weight excluding hydrogens is 1140 g/mol. The molecule has 3 saturated heterocycles. The lowest BCUT2D eigenvalue weighted by molar-refractivity contribution is -0.133. The molecule has 9 rings (SSSR count). The van der Waals surface area contributed by atoms with E-state index in [1.807, 2.05) is 52.1 Å². The van der Waals surface area contributed by atoms with E-state index in [0.717, 1.165) is 67.7 Å². The predicted octanol–water partition coefficient (Wildman–Crippen LogP) is 8.47. The first-order chi connectivity index (χ1) is 39.0. The Morgan fingerprint density at radius 1 is 0.829 bits per heavy atom. The Labute approximate surface area is 484 Å². The van der Waals surface area contributed by atoms with Gasteiger partial charge in [0.15, 0.2) is 11.6 Å². The zero-order valence-electron chi connectivity index (χ0n) is 45.4. The molecule has 4 N–H and O–H groups in total. The number of piperidine rings is 1. The number of carbonyl (C=O) groups excluding carboxylic acids is 3. The molecule has 25 heteroatoms. The Hall–Kier alpha value is -6.15. The van der Waals surface area contributed by atoms with Gasteiger partial charge < -0.3 is 20.4 Å². The van der Waals surface area contributed by atoms with E-state index >= 15 is 4.39 Å². The minimum absolute atomic E-state index is 0.0368. The summed E-state index contributed by atoms with van der Waals surface area (Å²) < 4.78 is 115. The number of piperazine rings is 2. The zero-order chi connectivity index (χ0) is 58.4. The first-order valence-corrected chi connectivity index (χ1v) is 31.4. The van der Waals surface area contributed by atoms with Gasteiger partial charge in [-0.2, -0.15) is 13.2 Å². The molecular formula is C57H65ClF4N10O7S3. The summed E-state index contributed by atoms with van der Waals surface area (Å²) in [4.78, 5) is 44.5. The maximum atomic E-state index is 15.2. The number of alkyl halides is 3. The Morgan fingerprint density at radius 3 is 2.17 bits per heavy atom. The van der Waals surface area contributed by atoms with Gasteiger partial charge in [0.25, 0.3) is 25.8 Å². The molecule has 1 aromatic heterocycles. The fourth-order valence-corrected chi connectivity index (χ4v) is 13.8. The number of sulfonamides is 1. The molecule has 0 saturated carbocycles. The van der Waals surface area contributed by atoms with Gasteiger partial charge in [-0.15, -0.1) is 22.0 Å². The lowest BCUT2D eigenvalue weighted by atomic mass is 9.73. The van der Waals surface area contributed by atoms with Crippen LogP contribution in [0.5, 0.6) is 0 Å². The third-order valence-corrected chi connectivity index (χ3v) is 19.6. The smallest absolute Gasteiger partial charge is 0.380 e. The summed E-state index contributed by atoms with van der Waals surface area (Å²) in [6, 6.07) is 25.7. The monoisotopic (exact) mass is 1210 g/mol. The van der Waals surface area contributed by atoms with Crippen molar-refractivity contribution in [3.8, 4) is 0 Å². The Bertz CT molecular complexity index is 3380. The van der Waals surface area contributed by atoms with Crippen molar-refractivity contribution in [1.29, 1.82) is 0 Å². The summed E-state index contributed by atoms with van der Waals surface area (Å²) in [6.45, 7) is 11.1. The molecule has 438 valence electrons. The Balaban J connectivity index is 0.823. The van der Waals surface area contributed by atoms with Crippen molar-refractivity contribution in [1.82, 2.24) is 34.9 Å². The van der Waals surface area contributed by atoms with Crippen LogP contribution in [0.15, 0.2) is 123 Å². The maximum absolute atomic E-state index is 15.2. The van der Waals surface area contributed by atoms with E-state index in [-0.39, 0.29) is 53.5 Å². The van der Waals surface area contributed by atoms with E-state index in [0.29, 0.717) is 63.3 Å². The number of nitrogens with one attached hydrogen (secondary N) is 4. The van der Waals surface area contributed by atoms with Crippen LogP contribution >= 0.6 is 23.4 Å². The van der Waals surface area contributed by atoms with Crippen LogP contribution in [-0.4, -0.2) is 148 Å². The number of sulfone groups is 1. The third-order valence-electron chi connectivity index (χ3n) is 15.3. The summed E-state index contributed by atoms with van der Waals surface area (Å²) in [6.07, 6.45) is 3.79.